The minimum Gasteiger partial charge on any atom is -0.376 e. The summed E-state index contributed by atoms with van der Waals surface area (Å²) in [5, 5.41) is 6.08. The van der Waals surface area contributed by atoms with Crippen LogP contribution in [0.1, 0.15) is 44.6 Å². The fraction of sp³-hybridized carbons (Fsp3) is 0.577. The highest BCUT2D eigenvalue weighted by atomic mass is 16.5. The van der Waals surface area contributed by atoms with Gasteiger partial charge in [-0.3, -0.25) is 4.99 Å². The number of likely N-dealkylation sites (tertiary alicyclic amines) is 1. The molecule has 2 aliphatic heterocycles. The SMILES string of the molecule is CCNC(=NCCc1ccc2ccccc2c1)N1CCC(OCC2CCCCO2)CC1. The van der Waals surface area contributed by atoms with Crippen molar-refractivity contribution >= 4 is 16.7 Å². The van der Waals surface area contributed by atoms with Crippen LogP contribution in [0.15, 0.2) is 47.5 Å². The summed E-state index contributed by atoms with van der Waals surface area (Å²) >= 11 is 0. The number of ether oxygens (including phenoxy) is 2. The molecule has 0 saturated carbocycles. The standard InChI is InChI=1S/C26H37N3O2/c1-2-27-26(28-15-12-21-10-11-22-7-3-4-8-23(22)19-21)29-16-13-24(14-17-29)31-20-25-9-5-6-18-30-25/h3-4,7-8,10-11,19,24-25H,2,5-6,9,12-18,20H2,1H3,(H,27,28). The average Bonchev–Trinajstić information content (AvgIpc) is 2.83. The Morgan fingerprint density at radius 1 is 1.10 bits per heavy atom. The van der Waals surface area contributed by atoms with Crippen molar-refractivity contribution in [3.63, 3.8) is 0 Å². The topological polar surface area (TPSA) is 46.1 Å². The monoisotopic (exact) mass is 423 g/mol. The molecule has 2 aliphatic rings. The number of hydrogen-bond acceptors (Lipinski definition) is 3. The van der Waals surface area contributed by atoms with E-state index in [9.17, 15) is 0 Å². The highest BCUT2D eigenvalue weighted by Gasteiger charge is 2.23. The fourth-order valence-corrected chi connectivity index (χ4v) is 4.53. The molecule has 0 amide bonds. The maximum atomic E-state index is 6.17. The molecule has 2 heterocycles. The molecule has 0 aromatic heterocycles. The van der Waals surface area contributed by atoms with Crippen LogP contribution >= 0.6 is 0 Å². The van der Waals surface area contributed by atoms with Gasteiger partial charge in [0, 0.05) is 32.8 Å². The van der Waals surface area contributed by atoms with Crippen LogP contribution in [0.2, 0.25) is 0 Å². The lowest BCUT2D eigenvalue weighted by atomic mass is 10.1. The largest absolute Gasteiger partial charge is 0.376 e. The molecular weight excluding hydrogens is 386 g/mol. The second kappa shape index (κ2) is 11.5. The Kier molecular flexibility index (Phi) is 8.19. The van der Waals surface area contributed by atoms with Gasteiger partial charge in [0.25, 0.3) is 0 Å². The number of rotatable bonds is 7. The molecule has 1 atom stereocenters. The maximum Gasteiger partial charge on any atom is 0.193 e. The van der Waals surface area contributed by atoms with E-state index in [4.69, 9.17) is 14.5 Å². The van der Waals surface area contributed by atoms with E-state index < -0.39 is 0 Å². The van der Waals surface area contributed by atoms with E-state index in [0.29, 0.717) is 12.2 Å². The van der Waals surface area contributed by atoms with Crippen molar-refractivity contribution in [2.75, 3.05) is 39.4 Å². The molecule has 0 aliphatic carbocycles. The van der Waals surface area contributed by atoms with Crippen molar-refractivity contribution in [3.8, 4) is 0 Å². The number of piperidine rings is 1. The Balaban J connectivity index is 1.25. The average molecular weight is 424 g/mol. The third kappa shape index (κ3) is 6.44. The lowest BCUT2D eigenvalue weighted by Gasteiger charge is -2.35. The summed E-state index contributed by atoms with van der Waals surface area (Å²) in [5.41, 5.74) is 1.34. The minimum atomic E-state index is 0.306. The van der Waals surface area contributed by atoms with Gasteiger partial charge in [-0.25, -0.2) is 0 Å². The normalized spacial score (nSPS) is 20.9. The van der Waals surface area contributed by atoms with Crippen LogP contribution in [-0.2, 0) is 15.9 Å². The van der Waals surface area contributed by atoms with Gasteiger partial charge < -0.3 is 19.7 Å². The van der Waals surface area contributed by atoms with Crippen molar-refractivity contribution in [3.05, 3.63) is 48.0 Å². The molecule has 2 aromatic rings. The predicted octanol–water partition coefficient (Wildman–Crippen LogP) is 4.40. The van der Waals surface area contributed by atoms with Crippen LogP contribution in [0.25, 0.3) is 10.8 Å². The molecule has 0 bridgehead atoms. The predicted molar refractivity (Wildman–Crippen MR) is 128 cm³/mol. The lowest BCUT2D eigenvalue weighted by molar-refractivity contribution is -0.0721. The van der Waals surface area contributed by atoms with Crippen molar-refractivity contribution in [2.24, 2.45) is 4.99 Å². The van der Waals surface area contributed by atoms with Crippen LogP contribution in [0.4, 0.5) is 0 Å². The number of hydrogen-bond donors (Lipinski definition) is 1. The summed E-state index contributed by atoms with van der Waals surface area (Å²) in [5.74, 6) is 1.04. The summed E-state index contributed by atoms with van der Waals surface area (Å²) in [6.45, 7) is 7.48. The quantitative estimate of drug-likeness (QED) is 0.530. The van der Waals surface area contributed by atoms with Gasteiger partial charge in [-0.2, -0.15) is 0 Å². The molecule has 5 nitrogen and oxygen atoms in total. The van der Waals surface area contributed by atoms with Crippen LogP contribution in [-0.4, -0.2) is 62.5 Å². The molecule has 2 fully saturated rings. The summed E-state index contributed by atoms with van der Waals surface area (Å²) in [6, 6.07) is 15.3. The smallest absolute Gasteiger partial charge is 0.193 e. The lowest BCUT2D eigenvalue weighted by Crippen LogP contribution is -2.47. The first-order valence-electron chi connectivity index (χ1n) is 12.1. The van der Waals surface area contributed by atoms with E-state index in [-0.39, 0.29) is 0 Å². The molecular formula is C26H37N3O2. The molecule has 2 saturated heterocycles. The van der Waals surface area contributed by atoms with Crippen LogP contribution in [0.3, 0.4) is 0 Å². The second-order valence-corrected chi connectivity index (χ2v) is 8.68. The summed E-state index contributed by atoms with van der Waals surface area (Å²) in [6.07, 6.45) is 7.34. The molecule has 168 valence electrons. The number of guanidine groups is 1. The highest BCUT2D eigenvalue weighted by molar-refractivity contribution is 5.83. The van der Waals surface area contributed by atoms with Crippen molar-refractivity contribution < 1.29 is 9.47 Å². The summed E-state index contributed by atoms with van der Waals surface area (Å²) < 4.78 is 12.0. The van der Waals surface area contributed by atoms with Gasteiger partial charge in [0.1, 0.15) is 0 Å². The fourth-order valence-electron chi connectivity index (χ4n) is 4.53. The Labute approximate surface area is 186 Å². The van der Waals surface area contributed by atoms with E-state index in [1.807, 2.05) is 0 Å². The number of benzene rings is 2. The first-order chi connectivity index (χ1) is 15.3. The Morgan fingerprint density at radius 3 is 2.71 bits per heavy atom. The van der Waals surface area contributed by atoms with Gasteiger partial charge in [-0.15, -0.1) is 0 Å². The zero-order valence-electron chi connectivity index (χ0n) is 18.9. The highest BCUT2D eigenvalue weighted by Crippen LogP contribution is 2.19. The molecule has 5 heteroatoms. The van der Waals surface area contributed by atoms with Crippen molar-refractivity contribution in [1.29, 1.82) is 0 Å². The zero-order chi connectivity index (χ0) is 21.3. The molecule has 4 rings (SSSR count). The van der Waals surface area contributed by atoms with E-state index in [1.54, 1.807) is 0 Å². The molecule has 0 radical (unpaired) electrons. The van der Waals surface area contributed by atoms with Gasteiger partial charge in [-0.1, -0.05) is 42.5 Å². The van der Waals surface area contributed by atoms with Gasteiger partial charge in [0.15, 0.2) is 5.96 Å². The third-order valence-electron chi connectivity index (χ3n) is 6.34. The van der Waals surface area contributed by atoms with E-state index >= 15 is 0 Å². The van der Waals surface area contributed by atoms with Crippen LogP contribution in [0.5, 0.6) is 0 Å². The van der Waals surface area contributed by atoms with Gasteiger partial charge in [-0.05, 0) is 61.8 Å². The second-order valence-electron chi connectivity index (χ2n) is 8.68. The summed E-state index contributed by atoms with van der Waals surface area (Å²) in [4.78, 5) is 7.32. The molecule has 31 heavy (non-hydrogen) atoms. The van der Waals surface area contributed by atoms with Crippen molar-refractivity contribution in [2.45, 2.75) is 57.7 Å². The van der Waals surface area contributed by atoms with Gasteiger partial charge in [0.2, 0.25) is 0 Å². The van der Waals surface area contributed by atoms with E-state index in [1.165, 1.54) is 29.2 Å². The van der Waals surface area contributed by atoms with Gasteiger partial charge >= 0.3 is 0 Å². The van der Waals surface area contributed by atoms with Crippen LogP contribution < -0.4 is 5.32 Å². The number of fused-ring (bicyclic) bond motifs is 1. The third-order valence-corrected chi connectivity index (χ3v) is 6.34. The first kappa shape index (κ1) is 22.1. The molecule has 1 unspecified atom stereocenters. The van der Waals surface area contributed by atoms with Crippen LogP contribution in [0, 0.1) is 0 Å². The van der Waals surface area contributed by atoms with E-state index in [2.05, 4.69) is 59.6 Å². The molecule has 0 spiro atoms. The van der Waals surface area contributed by atoms with Gasteiger partial charge in [0.05, 0.1) is 18.8 Å². The molecule has 1 N–H and O–H groups in total. The number of aliphatic imine (C=N–C) groups is 1. The minimum absolute atomic E-state index is 0.306. The Morgan fingerprint density at radius 2 is 1.94 bits per heavy atom. The zero-order valence-corrected chi connectivity index (χ0v) is 18.9. The van der Waals surface area contributed by atoms with E-state index in [0.717, 1.165) is 71.0 Å². The summed E-state index contributed by atoms with van der Waals surface area (Å²) in [7, 11) is 0. The first-order valence-corrected chi connectivity index (χ1v) is 12.1. The molecule has 2 aromatic carbocycles. The number of nitrogens with one attached hydrogen (secondary N) is 1. The Hall–Kier alpha value is -2.11. The maximum absolute atomic E-state index is 6.17. The Bertz CT molecular complexity index is 839. The van der Waals surface area contributed by atoms with Crippen molar-refractivity contribution in [1.82, 2.24) is 10.2 Å². The number of nitrogens with zero attached hydrogens (tertiary/aromatic N) is 2.